The average molecular weight is 234 g/mol. The predicted molar refractivity (Wildman–Crippen MR) is 64.4 cm³/mol. The lowest BCUT2D eigenvalue weighted by molar-refractivity contribution is -0.132. The van der Waals surface area contributed by atoms with Gasteiger partial charge in [-0.3, -0.25) is 9.78 Å². The molecule has 4 heteroatoms. The lowest BCUT2D eigenvalue weighted by Gasteiger charge is -2.21. The molecule has 4 nitrogen and oxygen atoms in total. The molecule has 1 heterocycles. The summed E-state index contributed by atoms with van der Waals surface area (Å²) in [7, 11) is 0. The highest BCUT2D eigenvalue weighted by Crippen LogP contribution is 2.27. The summed E-state index contributed by atoms with van der Waals surface area (Å²) >= 11 is 0. The van der Waals surface area contributed by atoms with E-state index in [0.717, 1.165) is 24.8 Å². The number of hydrogen-bond acceptors (Lipinski definition) is 3. The molecule has 1 saturated carbocycles. The molecule has 0 bridgehead atoms. The van der Waals surface area contributed by atoms with E-state index in [9.17, 15) is 4.79 Å². The molecular formula is C13H18N2O2. The molecule has 0 radical (unpaired) electrons. The van der Waals surface area contributed by atoms with Gasteiger partial charge in [0.05, 0.1) is 6.61 Å². The van der Waals surface area contributed by atoms with E-state index in [2.05, 4.69) is 4.98 Å². The lowest BCUT2D eigenvalue weighted by atomic mass is 10.1. The first-order valence-corrected chi connectivity index (χ1v) is 6.10. The van der Waals surface area contributed by atoms with Gasteiger partial charge in [-0.1, -0.05) is 0 Å². The molecular weight excluding hydrogens is 216 g/mol. The zero-order valence-electron chi connectivity index (χ0n) is 9.88. The number of aryl methyl sites for hydroxylation is 1. The van der Waals surface area contributed by atoms with Crippen molar-refractivity contribution in [3.63, 3.8) is 0 Å². The molecule has 1 aromatic rings. The maximum Gasteiger partial charge on any atom is 0.223 e. The van der Waals surface area contributed by atoms with Gasteiger partial charge in [0.2, 0.25) is 5.91 Å². The van der Waals surface area contributed by atoms with Gasteiger partial charge in [-0.2, -0.15) is 0 Å². The third kappa shape index (κ3) is 3.53. The molecule has 2 rings (SSSR count). The Hall–Kier alpha value is -1.42. The van der Waals surface area contributed by atoms with Crippen LogP contribution in [0.3, 0.4) is 0 Å². The second kappa shape index (κ2) is 5.77. The lowest BCUT2D eigenvalue weighted by Crippen LogP contribution is -2.35. The van der Waals surface area contributed by atoms with Crippen molar-refractivity contribution in [2.75, 3.05) is 13.2 Å². The van der Waals surface area contributed by atoms with Crippen molar-refractivity contribution in [1.29, 1.82) is 0 Å². The Labute approximate surface area is 101 Å². The number of amides is 1. The number of aliphatic hydroxyl groups is 1. The van der Waals surface area contributed by atoms with Gasteiger partial charge in [0.15, 0.2) is 0 Å². The number of carbonyl (C=O) groups excluding carboxylic acids is 1. The van der Waals surface area contributed by atoms with Crippen molar-refractivity contribution in [1.82, 2.24) is 9.88 Å². The molecule has 0 spiro atoms. The minimum Gasteiger partial charge on any atom is -0.395 e. The van der Waals surface area contributed by atoms with Gasteiger partial charge in [-0.05, 0) is 37.0 Å². The van der Waals surface area contributed by atoms with Gasteiger partial charge in [0.1, 0.15) is 0 Å². The van der Waals surface area contributed by atoms with Crippen LogP contribution in [-0.2, 0) is 11.2 Å². The Morgan fingerprint density at radius 2 is 2.12 bits per heavy atom. The fourth-order valence-electron chi connectivity index (χ4n) is 1.95. The highest BCUT2D eigenvalue weighted by Gasteiger charge is 2.31. The topological polar surface area (TPSA) is 53.4 Å². The molecule has 1 aliphatic rings. The zero-order chi connectivity index (χ0) is 12.1. The van der Waals surface area contributed by atoms with Crippen LogP contribution in [0.5, 0.6) is 0 Å². The number of hydrogen-bond donors (Lipinski definition) is 1. The summed E-state index contributed by atoms with van der Waals surface area (Å²) in [5, 5.41) is 8.95. The van der Waals surface area contributed by atoms with Gasteiger partial charge < -0.3 is 10.0 Å². The second-order valence-electron chi connectivity index (χ2n) is 4.40. The molecule has 1 N–H and O–H groups in total. The van der Waals surface area contributed by atoms with Crippen molar-refractivity contribution < 1.29 is 9.90 Å². The largest absolute Gasteiger partial charge is 0.395 e. The quantitative estimate of drug-likeness (QED) is 0.799. The monoisotopic (exact) mass is 234 g/mol. The van der Waals surface area contributed by atoms with Crippen molar-refractivity contribution in [3.8, 4) is 0 Å². The first kappa shape index (κ1) is 12.0. The smallest absolute Gasteiger partial charge is 0.223 e. The predicted octanol–water partition coefficient (Wildman–Crippen LogP) is 0.997. The van der Waals surface area contributed by atoms with E-state index < -0.39 is 0 Å². The van der Waals surface area contributed by atoms with E-state index in [4.69, 9.17) is 5.11 Å². The average Bonchev–Trinajstić information content (AvgIpc) is 3.18. The van der Waals surface area contributed by atoms with Crippen LogP contribution in [0.1, 0.15) is 24.8 Å². The Kier molecular flexibility index (Phi) is 4.09. The number of aliphatic hydroxyl groups excluding tert-OH is 1. The molecule has 0 aromatic carbocycles. The minimum atomic E-state index is 0.0531. The highest BCUT2D eigenvalue weighted by atomic mass is 16.3. The van der Waals surface area contributed by atoms with E-state index in [1.54, 1.807) is 12.4 Å². The Morgan fingerprint density at radius 1 is 1.41 bits per heavy atom. The maximum absolute atomic E-state index is 12.0. The number of pyridine rings is 1. The summed E-state index contributed by atoms with van der Waals surface area (Å²) in [6.07, 6.45) is 6.91. The fourth-order valence-corrected chi connectivity index (χ4v) is 1.95. The van der Waals surface area contributed by atoms with Crippen LogP contribution in [0.25, 0.3) is 0 Å². The van der Waals surface area contributed by atoms with Gasteiger partial charge in [-0.15, -0.1) is 0 Å². The van der Waals surface area contributed by atoms with Crippen LogP contribution in [0, 0.1) is 0 Å². The zero-order valence-corrected chi connectivity index (χ0v) is 9.88. The molecule has 0 atom stereocenters. The fraction of sp³-hybridized carbons (Fsp3) is 0.538. The number of aromatic nitrogens is 1. The minimum absolute atomic E-state index is 0.0531. The van der Waals surface area contributed by atoms with Gasteiger partial charge in [0.25, 0.3) is 0 Å². The second-order valence-corrected chi connectivity index (χ2v) is 4.40. The normalized spacial score (nSPS) is 14.6. The van der Waals surface area contributed by atoms with Crippen molar-refractivity contribution in [3.05, 3.63) is 30.1 Å². The van der Waals surface area contributed by atoms with Crippen molar-refractivity contribution >= 4 is 5.91 Å². The van der Waals surface area contributed by atoms with Crippen LogP contribution >= 0.6 is 0 Å². The molecule has 0 aliphatic heterocycles. The first-order valence-electron chi connectivity index (χ1n) is 6.10. The van der Waals surface area contributed by atoms with E-state index >= 15 is 0 Å². The summed E-state index contributed by atoms with van der Waals surface area (Å²) < 4.78 is 0. The van der Waals surface area contributed by atoms with Crippen LogP contribution in [0.2, 0.25) is 0 Å². The maximum atomic E-state index is 12.0. The molecule has 1 aromatic heterocycles. The summed E-state index contributed by atoms with van der Waals surface area (Å²) in [6.45, 7) is 0.525. The third-order valence-electron chi connectivity index (χ3n) is 3.03. The van der Waals surface area contributed by atoms with E-state index in [1.165, 1.54) is 0 Å². The molecule has 1 aliphatic carbocycles. The Bertz CT molecular complexity index is 363. The highest BCUT2D eigenvalue weighted by molar-refractivity contribution is 5.77. The van der Waals surface area contributed by atoms with Crippen LogP contribution < -0.4 is 0 Å². The SMILES string of the molecule is O=C(CCc1ccncc1)N(CCO)C1CC1. The summed E-state index contributed by atoms with van der Waals surface area (Å²) in [6, 6.07) is 4.24. The molecule has 0 unspecified atom stereocenters. The van der Waals surface area contributed by atoms with Crippen LogP contribution in [0.4, 0.5) is 0 Å². The summed E-state index contributed by atoms with van der Waals surface area (Å²) in [5.74, 6) is 0.151. The Morgan fingerprint density at radius 3 is 2.71 bits per heavy atom. The standard InChI is InChI=1S/C13H18N2O2/c16-10-9-15(12-2-3-12)13(17)4-1-11-5-7-14-8-6-11/h5-8,12,16H,1-4,9-10H2. The molecule has 1 fully saturated rings. The summed E-state index contributed by atoms with van der Waals surface area (Å²) in [4.78, 5) is 17.8. The summed E-state index contributed by atoms with van der Waals surface area (Å²) in [5.41, 5.74) is 1.13. The van der Waals surface area contributed by atoms with E-state index in [1.807, 2.05) is 17.0 Å². The number of rotatable bonds is 6. The third-order valence-corrected chi connectivity index (χ3v) is 3.03. The molecule has 1 amide bonds. The number of carbonyl (C=O) groups is 1. The molecule has 17 heavy (non-hydrogen) atoms. The van der Waals surface area contributed by atoms with Gasteiger partial charge >= 0.3 is 0 Å². The first-order chi connectivity index (χ1) is 8.31. The van der Waals surface area contributed by atoms with Crippen LogP contribution in [-0.4, -0.2) is 40.1 Å². The van der Waals surface area contributed by atoms with E-state index in [-0.39, 0.29) is 12.5 Å². The molecule has 0 saturated heterocycles. The van der Waals surface area contributed by atoms with Gasteiger partial charge in [-0.25, -0.2) is 0 Å². The van der Waals surface area contributed by atoms with Crippen molar-refractivity contribution in [2.45, 2.75) is 31.7 Å². The van der Waals surface area contributed by atoms with Gasteiger partial charge in [0, 0.05) is 31.4 Å². The Balaban J connectivity index is 1.83. The van der Waals surface area contributed by atoms with Crippen LogP contribution in [0.15, 0.2) is 24.5 Å². The molecule has 92 valence electrons. The van der Waals surface area contributed by atoms with Crippen molar-refractivity contribution in [2.24, 2.45) is 0 Å². The van der Waals surface area contributed by atoms with E-state index in [0.29, 0.717) is 19.0 Å². The number of nitrogens with zero attached hydrogens (tertiary/aromatic N) is 2.